The fourth-order valence-electron chi connectivity index (χ4n) is 2.74. The van der Waals surface area contributed by atoms with E-state index in [4.69, 9.17) is 4.74 Å². The van der Waals surface area contributed by atoms with E-state index in [-0.39, 0.29) is 18.0 Å². The summed E-state index contributed by atoms with van der Waals surface area (Å²) in [6.45, 7) is 1.96. The van der Waals surface area contributed by atoms with Crippen molar-refractivity contribution in [2.45, 2.75) is 25.9 Å². The molecule has 2 aromatic rings. The van der Waals surface area contributed by atoms with E-state index >= 15 is 0 Å². The molecule has 0 aliphatic carbocycles. The lowest BCUT2D eigenvalue weighted by Crippen LogP contribution is -2.10. The Hall–Kier alpha value is -1.83. The summed E-state index contributed by atoms with van der Waals surface area (Å²) in [5.41, 5.74) is 1.24. The van der Waals surface area contributed by atoms with Crippen LogP contribution in [0.4, 0.5) is 0 Å². The van der Waals surface area contributed by atoms with Crippen molar-refractivity contribution in [1.82, 2.24) is 0 Å². The first-order valence-corrected chi connectivity index (χ1v) is 6.41. The summed E-state index contributed by atoms with van der Waals surface area (Å²) in [6, 6.07) is 14.6. The lowest BCUT2D eigenvalue weighted by molar-refractivity contribution is -0.143. The summed E-state index contributed by atoms with van der Waals surface area (Å²) in [5.74, 6) is -0.0266. The third kappa shape index (κ3) is 1.99. The normalized spacial score (nSPS) is 23.3. The molecule has 1 heterocycles. The molecule has 18 heavy (non-hydrogen) atoms. The molecule has 2 nitrogen and oxygen atoms in total. The molecule has 2 aromatic carbocycles. The van der Waals surface area contributed by atoms with Gasteiger partial charge >= 0.3 is 5.97 Å². The maximum absolute atomic E-state index is 11.7. The number of rotatable bonds is 2. The molecule has 1 aliphatic heterocycles. The molecule has 0 amide bonds. The molecule has 92 valence electrons. The Balaban J connectivity index is 1.93. The summed E-state index contributed by atoms with van der Waals surface area (Å²) in [7, 11) is 0. The van der Waals surface area contributed by atoms with Gasteiger partial charge in [-0.1, -0.05) is 42.5 Å². The van der Waals surface area contributed by atoms with E-state index in [1.807, 2.05) is 19.1 Å². The van der Waals surface area contributed by atoms with Gasteiger partial charge in [-0.25, -0.2) is 0 Å². The fraction of sp³-hybridized carbons (Fsp3) is 0.312. The molecule has 1 fully saturated rings. The van der Waals surface area contributed by atoms with E-state index in [0.29, 0.717) is 0 Å². The van der Waals surface area contributed by atoms with Gasteiger partial charge in [0, 0.05) is 0 Å². The number of carbonyl (C=O) groups excluding carboxylic acids is 1. The maximum atomic E-state index is 11.7. The van der Waals surface area contributed by atoms with Gasteiger partial charge in [-0.05, 0) is 36.1 Å². The van der Waals surface area contributed by atoms with Gasteiger partial charge in [0.15, 0.2) is 0 Å². The highest BCUT2D eigenvalue weighted by Gasteiger charge is 2.31. The zero-order valence-electron chi connectivity index (χ0n) is 10.4. The first kappa shape index (κ1) is 11.3. The van der Waals surface area contributed by atoms with Gasteiger partial charge in [0.25, 0.3) is 0 Å². The van der Waals surface area contributed by atoms with Crippen LogP contribution in [0.5, 0.6) is 0 Å². The Bertz CT molecular complexity index is 583. The smallest absolute Gasteiger partial charge is 0.309 e. The molecule has 0 aromatic heterocycles. The molecule has 0 unspecified atom stereocenters. The van der Waals surface area contributed by atoms with Gasteiger partial charge in [-0.3, -0.25) is 4.79 Å². The Morgan fingerprint density at radius 3 is 2.72 bits per heavy atom. The second-order valence-corrected chi connectivity index (χ2v) is 5.02. The van der Waals surface area contributed by atoms with Gasteiger partial charge < -0.3 is 4.74 Å². The Morgan fingerprint density at radius 2 is 1.94 bits per heavy atom. The van der Waals surface area contributed by atoms with Gasteiger partial charge in [-0.15, -0.1) is 0 Å². The number of hydrogen-bond donors (Lipinski definition) is 0. The van der Waals surface area contributed by atoms with Gasteiger partial charge in [-0.2, -0.15) is 0 Å². The number of cyclic esters (lactones) is 1. The molecule has 0 radical (unpaired) electrons. The molecule has 2 atom stereocenters. The largest absolute Gasteiger partial charge is 0.462 e. The number of benzene rings is 2. The van der Waals surface area contributed by atoms with E-state index in [0.717, 1.165) is 12.8 Å². The highest BCUT2D eigenvalue weighted by Crippen LogP contribution is 2.27. The van der Waals surface area contributed by atoms with Crippen molar-refractivity contribution in [2.24, 2.45) is 5.92 Å². The number of hydrogen-bond acceptors (Lipinski definition) is 2. The van der Waals surface area contributed by atoms with Crippen molar-refractivity contribution < 1.29 is 9.53 Å². The quantitative estimate of drug-likeness (QED) is 0.753. The highest BCUT2D eigenvalue weighted by atomic mass is 16.5. The minimum absolute atomic E-state index is 0.0193. The van der Waals surface area contributed by atoms with Crippen LogP contribution in [0.15, 0.2) is 42.5 Å². The molecule has 1 saturated heterocycles. The lowest BCUT2D eigenvalue weighted by Gasteiger charge is -2.09. The molecule has 2 heteroatoms. The standard InChI is InChI=1S/C16H16O2/c1-11-9-14(16(17)18-11)10-13-7-4-6-12-5-2-3-8-15(12)13/h2-8,11,14H,9-10H2,1H3/t11-,14-/m1/s1. The average Bonchev–Trinajstić information content (AvgIpc) is 2.68. The van der Waals surface area contributed by atoms with Crippen molar-refractivity contribution in [3.8, 4) is 0 Å². The van der Waals surface area contributed by atoms with Crippen LogP contribution >= 0.6 is 0 Å². The van der Waals surface area contributed by atoms with E-state index in [9.17, 15) is 4.79 Å². The molecule has 0 bridgehead atoms. The van der Waals surface area contributed by atoms with Gasteiger partial charge in [0.2, 0.25) is 0 Å². The third-order valence-electron chi connectivity index (χ3n) is 3.61. The number of esters is 1. The molecular weight excluding hydrogens is 224 g/mol. The van der Waals surface area contributed by atoms with Crippen LogP contribution < -0.4 is 0 Å². The molecular formula is C16H16O2. The third-order valence-corrected chi connectivity index (χ3v) is 3.61. The number of fused-ring (bicyclic) bond motifs is 1. The Morgan fingerprint density at radius 1 is 1.17 bits per heavy atom. The molecule has 1 aliphatic rings. The molecule has 0 saturated carbocycles. The lowest BCUT2D eigenvalue weighted by atomic mass is 9.93. The Labute approximate surface area is 107 Å². The van der Waals surface area contributed by atoms with E-state index in [2.05, 4.69) is 30.3 Å². The maximum Gasteiger partial charge on any atom is 0.309 e. The van der Waals surface area contributed by atoms with Crippen LogP contribution in [0.1, 0.15) is 18.9 Å². The SMILES string of the molecule is C[C@@H]1C[C@H](Cc2cccc3ccccc23)C(=O)O1. The van der Waals surface area contributed by atoms with Gasteiger partial charge in [0.05, 0.1) is 12.0 Å². The predicted molar refractivity (Wildman–Crippen MR) is 71.3 cm³/mol. The van der Waals surface area contributed by atoms with Crippen LogP contribution in [0.25, 0.3) is 10.8 Å². The minimum Gasteiger partial charge on any atom is -0.462 e. The fourth-order valence-corrected chi connectivity index (χ4v) is 2.74. The average molecular weight is 240 g/mol. The highest BCUT2D eigenvalue weighted by molar-refractivity contribution is 5.86. The van der Waals surface area contributed by atoms with Crippen molar-refractivity contribution in [1.29, 1.82) is 0 Å². The van der Waals surface area contributed by atoms with Crippen LogP contribution in [-0.2, 0) is 16.0 Å². The second kappa shape index (κ2) is 4.45. The summed E-state index contributed by atoms with van der Waals surface area (Å²) < 4.78 is 5.22. The van der Waals surface area contributed by atoms with Crippen LogP contribution in [0, 0.1) is 5.92 Å². The number of carbonyl (C=O) groups is 1. The Kier molecular flexibility index (Phi) is 2.78. The van der Waals surface area contributed by atoms with Crippen molar-refractivity contribution >= 4 is 16.7 Å². The van der Waals surface area contributed by atoms with E-state index in [1.54, 1.807) is 0 Å². The van der Waals surface area contributed by atoms with Crippen LogP contribution in [0.3, 0.4) is 0 Å². The van der Waals surface area contributed by atoms with Crippen molar-refractivity contribution in [2.75, 3.05) is 0 Å². The summed E-state index contributed by atoms with van der Waals surface area (Å²) in [4.78, 5) is 11.7. The number of ether oxygens (including phenoxy) is 1. The zero-order chi connectivity index (χ0) is 12.5. The van der Waals surface area contributed by atoms with Crippen LogP contribution in [-0.4, -0.2) is 12.1 Å². The first-order chi connectivity index (χ1) is 8.74. The van der Waals surface area contributed by atoms with E-state index < -0.39 is 0 Å². The summed E-state index contributed by atoms with van der Waals surface area (Å²) in [5, 5.41) is 2.47. The second-order valence-electron chi connectivity index (χ2n) is 5.02. The molecule has 0 spiro atoms. The minimum atomic E-state index is -0.0459. The zero-order valence-corrected chi connectivity index (χ0v) is 10.4. The summed E-state index contributed by atoms with van der Waals surface area (Å²) >= 11 is 0. The van der Waals surface area contributed by atoms with Crippen molar-refractivity contribution in [3.63, 3.8) is 0 Å². The predicted octanol–water partition coefficient (Wildman–Crippen LogP) is 3.33. The molecule has 3 rings (SSSR count). The van der Waals surface area contributed by atoms with Crippen LogP contribution in [0.2, 0.25) is 0 Å². The first-order valence-electron chi connectivity index (χ1n) is 6.41. The monoisotopic (exact) mass is 240 g/mol. The van der Waals surface area contributed by atoms with Crippen molar-refractivity contribution in [3.05, 3.63) is 48.0 Å². The van der Waals surface area contributed by atoms with E-state index in [1.165, 1.54) is 16.3 Å². The topological polar surface area (TPSA) is 26.3 Å². The van der Waals surface area contributed by atoms with Gasteiger partial charge in [0.1, 0.15) is 0 Å². The summed E-state index contributed by atoms with van der Waals surface area (Å²) in [6.07, 6.45) is 1.68. The molecule has 0 N–H and O–H groups in total.